The Morgan fingerprint density at radius 2 is 1.95 bits per heavy atom. The summed E-state index contributed by atoms with van der Waals surface area (Å²) in [4.78, 5) is 8.77. The maximum atomic E-state index is 5.02. The van der Waals surface area contributed by atoms with Gasteiger partial charge in [-0.15, -0.1) is 0 Å². The molecule has 0 spiro atoms. The average molecular weight is 279 g/mol. The molecule has 2 aromatic heterocycles. The van der Waals surface area contributed by atoms with Gasteiger partial charge in [-0.25, -0.2) is 9.97 Å². The largest absolute Gasteiger partial charge is 0.370 e. The third-order valence-corrected chi connectivity index (χ3v) is 2.92. The maximum Gasteiger partial charge on any atom is 0.191 e. The second-order valence-corrected chi connectivity index (χ2v) is 4.71. The fourth-order valence-electron chi connectivity index (χ4n) is 1.56. The zero-order valence-corrected chi connectivity index (χ0v) is 12.0. The van der Waals surface area contributed by atoms with E-state index >= 15 is 0 Å². The van der Waals surface area contributed by atoms with Crippen molar-refractivity contribution in [1.29, 1.82) is 0 Å². The first kappa shape index (κ1) is 13.7. The molecule has 0 unspecified atom stereocenters. The van der Waals surface area contributed by atoms with Gasteiger partial charge in [-0.1, -0.05) is 16.9 Å². The molecule has 102 valence electrons. The van der Waals surface area contributed by atoms with Crippen molar-refractivity contribution < 1.29 is 4.52 Å². The van der Waals surface area contributed by atoms with Crippen LogP contribution in [0.15, 0.2) is 21.8 Å². The van der Waals surface area contributed by atoms with E-state index in [2.05, 4.69) is 25.8 Å². The van der Waals surface area contributed by atoms with E-state index in [1.165, 1.54) is 11.8 Å². The molecular weight excluding hydrogens is 262 g/mol. The number of rotatable bonds is 6. The molecule has 0 saturated carbocycles. The zero-order valence-electron chi connectivity index (χ0n) is 11.2. The number of nitrogens with zero attached hydrogens (tertiary/aromatic N) is 3. The molecule has 0 amide bonds. The van der Waals surface area contributed by atoms with Crippen LogP contribution in [-0.4, -0.2) is 27.9 Å². The topological polar surface area (TPSA) is 75.9 Å². The van der Waals surface area contributed by atoms with Crippen molar-refractivity contribution in [3.05, 3.63) is 23.6 Å². The van der Waals surface area contributed by atoms with E-state index in [1.807, 2.05) is 32.2 Å². The molecule has 7 heteroatoms. The molecule has 0 atom stereocenters. The van der Waals surface area contributed by atoms with Crippen LogP contribution in [0.25, 0.3) is 0 Å². The number of aromatic nitrogens is 3. The van der Waals surface area contributed by atoms with Crippen LogP contribution >= 0.6 is 11.8 Å². The number of nitrogens with one attached hydrogen (secondary N) is 2. The number of hydrogen-bond acceptors (Lipinski definition) is 7. The summed E-state index contributed by atoms with van der Waals surface area (Å²) in [7, 11) is 0. The normalized spacial score (nSPS) is 10.5. The van der Waals surface area contributed by atoms with Crippen LogP contribution in [-0.2, 0) is 6.54 Å². The molecule has 2 rings (SSSR count). The Hall–Kier alpha value is -1.76. The van der Waals surface area contributed by atoms with Gasteiger partial charge in [-0.05, 0) is 20.1 Å². The number of thioether (sulfide) groups is 1. The Bertz CT molecular complexity index is 543. The fraction of sp³-hybridized carbons (Fsp3) is 0.417. The van der Waals surface area contributed by atoms with Crippen molar-refractivity contribution in [2.24, 2.45) is 0 Å². The van der Waals surface area contributed by atoms with Crippen LogP contribution in [0.3, 0.4) is 0 Å². The van der Waals surface area contributed by atoms with E-state index in [1.54, 1.807) is 0 Å². The third kappa shape index (κ3) is 3.85. The maximum absolute atomic E-state index is 5.02. The Kier molecular flexibility index (Phi) is 4.62. The number of aryl methyl sites for hydroxylation is 1. The predicted octanol–water partition coefficient (Wildman–Crippen LogP) is 2.54. The van der Waals surface area contributed by atoms with Crippen molar-refractivity contribution in [3.8, 4) is 0 Å². The van der Waals surface area contributed by atoms with E-state index in [0.29, 0.717) is 6.54 Å². The van der Waals surface area contributed by atoms with Gasteiger partial charge in [0.2, 0.25) is 0 Å². The Morgan fingerprint density at radius 1 is 1.21 bits per heavy atom. The van der Waals surface area contributed by atoms with Crippen molar-refractivity contribution >= 4 is 23.4 Å². The van der Waals surface area contributed by atoms with Crippen molar-refractivity contribution in [2.45, 2.75) is 25.5 Å². The quantitative estimate of drug-likeness (QED) is 0.621. The highest BCUT2D eigenvalue weighted by Crippen LogP contribution is 2.17. The second kappa shape index (κ2) is 6.42. The summed E-state index contributed by atoms with van der Waals surface area (Å²) in [6, 6.07) is 3.78. The molecule has 0 aliphatic carbocycles. The predicted molar refractivity (Wildman–Crippen MR) is 76.5 cm³/mol. The van der Waals surface area contributed by atoms with Crippen LogP contribution < -0.4 is 10.6 Å². The van der Waals surface area contributed by atoms with Crippen molar-refractivity contribution in [1.82, 2.24) is 15.1 Å². The van der Waals surface area contributed by atoms with Gasteiger partial charge in [0.05, 0.1) is 6.54 Å². The molecule has 2 N–H and O–H groups in total. The zero-order chi connectivity index (χ0) is 13.7. The van der Waals surface area contributed by atoms with Gasteiger partial charge in [0.25, 0.3) is 0 Å². The van der Waals surface area contributed by atoms with Gasteiger partial charge in [-0.3, -0.25) is 0 Å². The molecule has 0 bridgehead atoms. The van der Waals surface area contributed by atoms with Crippen LogP contribution in [0.1, 0.15) is 18.4 Å². The number of hydrogen-bond donors (Lipinski definition) is 2. The van der Waals surface area contributed by atoms with Crippen LogP contribution in [0.4, 0.5) is 11.6 Å². The molecular formula is C12H17N5OS. The molecule has 6 nitrogen and oxygen atoms in total. The summed E-state index contributed by atoms with van der Waals surface area (Å²) in [5.41, 5.74) is 0.854. The monoisotopic (exact) mass is 279 g/mol. The van der Waals surface area contributed by atoms with Gasteiger partial charge in [0, 0.05) is 18.7 Å². The lowest BCUT2D eigenvalue weighted by molar-refractivity contribution is 0.391. The summed E-state index contributed by atoms with van der Waals surface area (Å²) in [5.74, 6) is 2.40. The minimum absolute atomic E-state index is 0.577. The van der Waals surface area contributed by atoms with Crippen LogP contribution in [0, 0.1) is 6.92 Å². The Balaban J connectivity index is 2.08. The first-order valence-corrected chi connectivity index (χ1v) is 7.26. The van der Waals surface area contributed by atoms with E-state index in [-0.39, 0.29) is 0 Å². The molecule has 0 aliphatic heterocycles. The first-order chi connectivity index (χ1) is 9.21. The van der Waals surface area contributed by atoms with Crippen molar-refractivity contribution in [3.63, 3.8) is 0 Å². The highest BCUT2D eigenvalue weighted by atomic mass is 32.2. The highest BCUT2D eigenvalue weighted by molar-refractivity contribution is 7.98. The first-order valence-electron chi connectivity index (χ1n) is 6.04. The molecule has 0 aliphatic rings. The summed E-state index contributed by atoms with van der Waals surface area (Å²) >= 11 is 1.51. The van der Waals surface area contributed by atoms with E-state index in [4.69, 9.17) is 4.52 Å². The summed E-state index contributed by atoms with van der Waals surface area (Å²) in [5, 5.41) is 11.1. The van der Waals surface area contributed by atoms with E-state index < -0.39 is 0 Å². The smallest absolute Gasteiger partial charge is 0.191 e. The molecule has 0 radical (unpaired) electrons. The third-order valence-electron chi connectivity index (χ3n) is 2.37. The molecule has 2 aromatic rings. The minimum Gasteiger partial charge on any atom is -0.370 e. The van der Waals surface area contributed by atoms with Crippen molar-refractivity contribution in [2.75, 3.05) is 23.4 Å². The lowest BCUT2D eigenvalue weighted by Gasteiger charge is -2.08. The highest BCUT2D eigenvalue weighted by Gasteiger charge is 2.05. The molecule has 0 fully saturated rings. The Morgan fingerprint density at radius 3 is 2.53 bits per heavy atom. The second-order valence-electron chi connectivity index (χ2n) is 3.94. The average Bonchev–Trinajstić information content (AvgIpc) is 2.82. The molecule has 0 aromatic carbocycles. The SMILES string of the molecule is CCNc1cc(NCc2cc(C)on2)nc(SC)n1. The van der Waals surface area contributed by atoms with Gasteiger partial charge in [0.15, 0.2) is 5.16 Å². The molecule has 19 heavy (non-hydrogen) atoms. The summed E-state index contributed by atoms with van der Waals surface area (Å²) < 4.78 is 5.02. The standard InChI is InChI=1S/C12H17N5OS/c1-4-13-10-6-11(16-12(15-10)19-3)14-7-9-5-8(2)18-17-9/h5-6H,4,7H2,1-3H3,(H2,13,14,15,16). The van der Waals surface area contributed by atoms with Gasteiger partial charge in [-0.2, -0.15) is 0 Å². The Labute approximate surface area is 116 Å². The lowest BCUT2D eigenvalue weighted by atomic mass is 10.4. The van der Waals surface area contributed by atoms with Gasteiger partial charge >= 0.3 is 0 Å². The fourth-order valence-corrected chi connectivity index (χ4v) is 1.94. The van der Waals surface area contributed by atoms with E-state index in [0.717, 1.165) is 34.8 Å². The summed E-state index contributed by atoms with van der Waals surface area (Å²) in [6.45, 7) is 5.31. The van der Waals surface area contributed by atoms with Gasteiger partial charge < -0.3 is 15.2 Å². The minimum atomic E-state index is 0.577. The van der Waals surface area contributed by atoms with E-state index in [9.17, 15) is 0 Å². The number of anilines is 2. The van der Waals surface area contributed by atoms with Gasteiger partial charge in [0.1, 0.15) is 23.1 Å². The molecule has 0 saturated heterocycles. The van der Waals surface area contributed by atoms with Crippen LogP contribution in [0.2, 0.25) is 0 Å². The summed E-state index contributed by atoms with van der Waals surface area (Å²) in [6.07, 6.45) is 1.95. The lowest BCUT2D eigenvalue weighted by Crippen LogP contribution is -2.06. The molecule has 2 heterocycles. The van der Waals surface area contributed by atoms with Crippen LogP contribution in [0.5, 0.6) is 0 Å².